The lowest BCUT2D eigenvalue weighted by molar-refractivity contribution is -0.116. The molecule has 0 fully saturated rings. The van der Waals surface area contributed by atoms with Crippen LogP contribution in [0.4, 0.5) is 5.69 Å². The second kappa shape index (κ2) is 6.80. The molecule has 3 rings (SSSR count). The highest BCUT2D eigenvalue weighted by molar-refractivity contribution is 14.1. The van der Waals surface area contributed by atoms with Gasteiger partial charge in [-0.05, 0) is 52.9 Å². The Balaban J connectivity index is 1.87. The quantitative estimate of drug-likeness (QED) is 0.647. The van der Waals surface area contributed by atoms with E-state index in [-0.39, 0.29) is 12.1 Å². The lowest BCUT2D eigenvalue weighted by Gasteiger charge is -2.09. The van der Waals surface area contributed by atoms with Crippen molar-refractivity contribution < 1.29 is 4.79 Å². The number of fused-ring (bicyclic) bond motifs is 1. The molecule has 2 aromatic carbocycles. The van der Waals surface area contributed by atoms with Crippen LogP contribution in [0.2, 0.25) is 0 Å². The van der Waals surface area contributed by atoms with Gasteiger partial charge in [0, 0.05) is 3.57 Å². The molecule has 1 amide bonds. The molecule has 0 atom stereocenters. The van der Waals surface area contributed by atoms with Crippen LogP contribution in [-0.4, -0.2) is 15.5 Å². The van der Waals surface area contributed by atoms with Crippen molar-refractivity contribution >= 4 is 45.1 Å². The lowest BCUT2D eigenvalue weighted by atomic mass is 10.2. The Kier molecular flexibility index (Phi) is 4.57. The maximum absolute atomic E-state index is 12.5. The largest absolute Gasteiger partial charge is 0.323 e. The number of anilines is 1. The van der Waals surface area contributed by atoms with Crippen LogP contribution in [0.5, 0.6) is 0 Å². The maximum atomic E-state index is 12.5. The molecule has 1 heterocycles. The van der Waals surface area contributed by atoms with Gasteiger partial charge in [0.15, 0.2) is 0 Å². The SMILES string of the molecule is N#Cc1ccccc1NC(=O)Cn1cnc2ccc(I)cc2c1=O. The average Bonchev–Trinajstić information content (AvgIpc) is 2.58. The van der Waals surface area contributed by atoms with E-state index >= 15 is 0 Å². The lowest BCUT2D eigenvalue weighted by Crippen LogP contribution is -2.28. The Morgan fingerprint density at radius 3 is 2.88 bits per heavy atom. The third-order valence-corrected chi connectivity index (χ3v) is 4.09. The van der Waals surface area contributed by atoms with Crippen LogP contribution in [0.25, 0.3) is 10.9 Å². The summed E-state index contributed by atoms with van der Waals surface area (Å²) in [6.45, 7) is -0.174. The number of nitrogens with one attached hydrogen (secondary N) is 1. The van der Waals surface area contributed by atoms with Crippen molar-refractivity contribution in [1.82, 2.24) is 9.55 Å². The highest BCUT2D eigenvalue weighted by Crippen LogP contribution is 2.14. The summed E-state index contributed by atoms with van der Waals surface area (Å²) in [5.74, 6) is -0.397. The van der Waals surface area contributed by atoms with Gasteiger partial charge in [-0.2, -0.15) is 5.26 Å². The first kappa shape index (κ1) is 16.1. The van der Waals surface area contributed by atoms with Crippen LogP contribution >= 0.6 is 22.6 Å². The highest BCUT2D eigenvalue weighted by Gasteiger charge is 2.10. The summed E-state index contributed by atoms with van der Waals surface area (Å²) in [4.78, 5) is 28.9. The van der Waals surface area contributed by atoms with Crippen molar-refractivity contribution in [3.63, 3.8) is 0 Å². The van der Waals surface area contributed by atoms with E-state index in [9.17, 15) is 9.59 Å². The van der Waals surface area contributed by atoms with Crippen LogP contribution in [-0.2, 0) is 11.3 Å². The number of benzene rings is 2. The van der Waals surface area contributed by atoms with Crippen molar-refractivity contribution in [1.29, 1.82) is 5.26 Å². The third kappa shape index (κ3) is 3.28. The van der Waals surface area contributed by atoms with E-state index in [4.69, 9.17) is 5.26 Å². The minimum atomic E-state index is -0.397. The van der Waals surface area contributed by atoms with Gasteiger partial charge in [0.2, 0.25) is 5.91 Å². The van der Waals surface area contributed by atoms with E-state index in [1.807, 2.05) is 12.1 Å². The molecule has 0 radical (unpaired) electrons. The monoisotopic (exact) mass is 430 g/mol. The number of para-hydroxylation sites is 1. The van der Waals surface area contributed by atoms with Crippen molar-refractivity contribution in [2.24, 2.45) is 0 Å². The summed E-state index contributed by atoms with van der Waals surface area (Å²) in [7, 11) is 0. The molecular formula is C17H11IN4O2. The van der Waals surface area contributed by atoms with Crippen LogP contribution in [0.1, 0.15) is 5.56 Å². The van der Waals surface area contributed by atoms with E-state index in [1.54, 1.807) is 36.4 Å². The van der Waals surface area contributed by atoms with Gasteiger partial charge in [0.05, 0.1) is 28.5 Å². The Hall–Kier alpha value is -2.73. The van der Waals surface area contributed by atoms with Crippen molar-refractivity contribution in [3.8, 4) is 6.07 Å². The van der Waals surface area contributed by atoms with Gasteiger partial charge in [0.1, 0.15) is 12.6 Å². The minimum Gasteiger partial charge on any atom is -0.323 e. The van der Waals surface area contributed by atoms with Crippen LogP contribution in [0.15, 0.2) is 53.6 Å². The first-order valence-electron chi connectivity index (χ1n) is 7.02. The summed E-state index contributed by atoms with van der Waals surface area (Å²) in [5, 5.41) is 12.2. The standard InChI is InChI=1S/C17H11IN4O2/c18-12-5-6-15-13(7-12)17(24)22(10-20-15)9-16(23)21-14-4-2-1-3-11(14)8-19/h1-7,10H,9H2,(H,21,23). The predicted molar refractivity (Wildman–Crippen MR) is 98.5 cm³/mol. The van der Waals surface area contributed by atoms with E-state index in [0.29, 0.717) is 22.2 Å². The minimum absolute atomic E-state index is 0.174. The molecule has 7 heteroatoms. The molecule has 0 spiro atoms. The first-order chi connectivity index (χ1) is 11.6. The topological polar surface area (TPSA) is 87.8 Å². The fourth-order valence-electron chi connectivity index (χ4n) is 2.28. The number of amides is 1. The van der Waals surface area contributed by atoms with Gasteiger partial charge in [-0.25, -0.2) is 4.98 Å². The molecule has 0 saturated carbocycles. The normalized spacial score (nSPS) is 10.3. The second-order valence-corrected chi connectivity index (χ2v) is 6.29. The van der Waals surface area contributed by atoms with Crippen LogP contribution in [0, 0.1) is 14.9 Å². The molecule has 0 unspecified atom stereocenters. The molecule has 6 nitrogen and oxygen atoms in total. The molecule has 1 N–H and O–H groups in total. The Morgan fingerprint density at radius 1 is 1.29 bits per heavy atom. The van der Waals surface area contributed by atoms with Gasteiger partial charge in [0.25, 0.3) is 5.56 Å². The predicted octanol–water partition coefficient (Wildman–Crippen LogP) is 2.51. The molecule has 1 aromatic heterocycles. The Morgan fingerprint density at radius 2 is 2.08 bits per heavy atom. The molecule has 24 heavy (non-hydrogen) atoms. The smallest absolute Gasteiger partial charge is 0.261 e. The summed E-state index contributed by atoms with van der Waals surface area (Å²) in [5.41, 5.74) is 1.10. The molecule has 0 aliphatic rings. The third-order valence-electron chi connectivity index (χ3n) is 3.42. The number of rotatable bonds is 3. The van der Waals surface area contributed by atoms with Crippen molar-refractivity contribution in [3.05, 3.63) is 68.3 Å². The number of nitriles is 1. The average molecular weight is 430 g/mol. The molecule has 0 aliphatic carbocycles. The van der Waals surface area contributed by atoms with Crippen molar-refractivity contribution in [2.45, 2.75) is 6.54 Å². The van der Waals surface area contributed by atoms with Gasteiger partial charge >= 0.3 is 0 Å². The fraction of sp³-hybridized carbons (Fsp3) is 0.0588. The summed E-state index contributed by atoms with van der Waals surface area (Å²) >= 11 is 2.12. The summed E-state index contributed by atoms with van der Waals surface area (Å²) < 4.78 is 2.17. The Labute approximate surface area is 150 Å². The molecular weight excluding hydrogens is 419 g/mol. The van der Waals surface area contributed by atoms with Crippen LogP contribution < -0.4 is 10.9 Å². The summed E-state index contributed by atoms with van der Waals surface area (Å²) in [6, 6.07) is 14.1. The van der Waals surface area contributed by atoms with Crippen LogP contribution in [0.3, 0.4) is 0 Å². The van der Waals surface area contributed by atoms with Gasteiger partial charge in [-0.1, -0.05) is 12.1 Å². The number of carbonyl (C=O) groups excluding carboxylic acids is 1. The van der Waals surface area contributed by atoms with Crippen molar-refractivity contribution in [2.75, 3.05) is 5.32 Å². The number of hydrogen-bond donors (Lipinski definition) is 1. The van der Waals surface area contributed by atoms with E-state index < -0.39 is 5.91 Å². The van der Waals surface area contributed by atoms with Gasteiger partial charge in [-0.15, -0.1) is 0 Å². The number of halogens is 1. The highest BCUT2D eigenvalue weighted by atomic mass is 127. The first-order valence-corrected chi connectivity index (χ1v) is 8.10. The number of hydrogen-bond acceptors (Lipinski definition) is 4. The molecule has 3 aromatic rings. The molecule has 118 valence electrons. The zero-order valence-corrected chi connectivity index (χ0v) is 14.5. The van der Waals surface area contributed by atoms with E-state index in [2.05, 4.69) is 32.9 Å². The van der Waals surface area contributed by atoms with E-state index in [0.717, 1.165) is 3.57 Å². The number of carbonyl (C=O) groups is 1. The summed E-state index contributed by atoms with van der Waals surface area (Å²) in [6.07, 6.45) is 1.35. The second-order valence-electron chi connectivity index (χ2n) is 5.04. The molecule has 0 aliphatic heterocycles. The molecule has 0 bridgehead atoms. The Bertz CT molecular complexity index is 1040. The van der Waals surface area contributed by atoms with Gasteiger partial charge < -0.3 is 5.32 Å². The van der Waals surface area contributed by atoms with E-state index in [1.165, 1.54) is 10.9 Å². The number of nitrogens with zero attached hydrogens (tertiary/aromatic N) is 3. The number of aromatic nitrogens is 2. The maximum Gasteiger partial charge on any atom is 0.261 e. The fourth-order valence-corrected chi connectivity index (χ4v) is 2.77. The zero-order valence-electron chi connectivity index (χ0n) is 12.4. The van der Waals surface area contributed by atoms with Gasteiger partial charge in [-0.3, -0.25) is 14.2 Å². The molecule has 0 saturated heterocycles. The zero-order chi connectivity index (χ0) is 17.1.